The molecule has 0 spiro atoms. The molecular formula is C22H28N2O4. The molecule has 0 unspecified atom stereocenters. The predicted octanol–water partition coefficient (Wildman–Crippen LogP) is 4.01. The summed E-state index contributed by atoms with van der Waals surface area (Å²) in [5.41, 5.74) is 4.61. The molecule has 6 heteroatoms. The largest absolute Gasteiger partial charge is 0.497 e. The van der Waals surface area contributed by atoms with E-state index in [9.17, 15) is 9.59 Å². The van der Waals surface area contributed by atoms with Gasteiger partial charge in [-0.05, 0) is 44.0 Å². The third kappa shape index (κ3) is 5.03. The molecule has 0 saturated heterocycles. The van der Waals surface area contributed by atoms with E-state index >= 15 is 0 Å². The van der Waals surface area contributed by atoms with E-state index in [0.29, 0.717) is 23.7 Å². The first-order valence-electron chi connectivity index (χ1n) is 9.14. The van der Waals surface area contributed by atoms with Gasteiger partial charge in [-0.3, -0.25) is 9.59 Å². The van der Waals surface area contributed by atoms with Crippen LogP contribution in [-0.2, 0) is 9.59 Å². The van der Waals surface area contributed by atoms with Crippen molar-refractivity contribution in [3.05, 3.63) is 47.0 Å². The summed E-state index contributed by atoms with van der Waals surface area (Å²) in [6.07, 6.45) is 0.168. The van der Waals surface area contributed by atoms with Gasteiger partial charge in [-0.25, -0.2) is 0 Å². The lowest BCUT2D eigenvalue weighted by atomic mass is 10.0. The number of methoxy groups -OCH3 is 2. The summed E-state index contributed by atoms with van der Waals surface area (Å²) < 4.78 is 10.5. The first-order chi connectivity index (χ1) is 13.3. The van der Waals surface area contributed by atoms with E-state index in [2.05, 4.69) is 5.32 Å². The highest BCUT2D eigenvalue weighted by molar-refractivity contribution is 5.96. The van der Waals surface area contributed by atoms with Gasteiger partial charge in [-0.1, -0.05) is 17.7 Å². The number of benzene rings is 2. The van der Waals surface area contributed by atoms with Gasteiger partial charge in [0, 0.05) is 31.6 Å². The van der Waals surface area contributed by atoms with Gasteiger partial charge in [-0.15, -0.1) is 0 Å². The summed E-state index contributed by atoms with van der Waals surface area (Å²) in [6.45, 7) is 7.80. The van der Waals surface area contributed by atoms with E-state index in [1.165, 1.54) is 14.0 Å². The highest BCUT2D eigenvalue weighted by atomic mass is 16.5. The maximum absolute atomic E-state index is 12.5. The highest BCUT2D eigenvalue weighted by Crippen LogP contribution is 2.30. The molecule has 2 aromatic rings. The van der Waals surface area contributed by atoms with Crippen LogP contribution in [0.5, 0.6) is 11.5 Å². The first kappa shape index (κ1) is 21.3. The Morgan fingerprint density at radius 1 is 1.00 bits per heavy atom. The van der Waals surface area contributed by atoms with Gasteiger partial charge >= 0.3 is 0 Å². The maximum Gasteiger partial charge on any atom is 0.226 e. The molecule has 2 rings (SSSR count). The molecule has 6 nitrogen and oxygen atoms in total. The quantitative estimate of drug-likeness (QED) is 0.783. The van der Waals surface area contributed by atoms with Gasteiger partial charge < -0.3 is 19.7 Å². The zero-order valence-corrected chi connectivity index (χ0v) is 17.4. The number of hydrogen-bond acceptors (Lipinski definition) is 4. The lowest BCUT2D eigenvalue weighted by molar-refractivity contribution is -0.117. The third-order valence-corrected chi connectivity index (χ3v) is 4.53. The fraction of sp³-hybridized carbons (Fsp3) is 0.364. The fourth-order valence-corrected chi connectivity index (χ4v) is 3.35. The van der Waals surface area contributed by atoms with Crippen LogP contribution in [0.3, 0.4) is 0 Å². The van der Waals surface area contributed by atoms with E-state index in [4.69, 9.17) is 9.47 Å². The Morgan fingerprint density at radius 3 is 2.18 bits per heavy atom. The number of anilines is 2. The molecule has 0 fully saturated rings. The number of nitrogens with one attached hydrogen (secondary N) is 1. The molecule has 0 aromatic heterocycles. The Bertz CT molecular complexity index is 854. The summed E-state index contributed by atoms with van der Waals surface area (Å²) in [7, 11) is 3.10. The minimum absolute atomic E-state index is 0.0927. The second-order valence-corrected chi connectivity index (χ2v) is 6.78. The van der Waals surface area contributed by atoms with Crippen LogP contribution in [0, 0.1) is 20.8 Å². The number of aryl methyl sites for hydroxylation is 3. The Balaban J connectivity index is 2.13. The van der Waals surface area contributed by atoms with Crippen LogP contribution in [0.25, 0.3) is 0 Å². The molecule has 0 radical (unpaired) electrons. The SMILES string of the molecule is COc1ccc(NC(=O)CCN(C(C)=O)c2c(C)cc(C)cc2C)c(OC)c1. The normalized spacial score (nSPS) is 10.4. The van der Waals surface area contributed by atoms with E-state index in [1.807, 2.05) is 32.9 Å². The van der Waals surface area contributed by atoms with E-state index in [-0.39, 0.29) is 18.2 Å². The second kappa shape index (κ2) is 9.26. The Labute approximate surface area is 166 Å². The summed E-state index contributed by atoms with van der Waals surface area (Å²) in [5, 5.41) is 2.84. The first-order valence-corrected chi connectivity index (χ1v) is 9.14. The molecule has 2 amide bonds. The van der Waals surface area contributed by atoms with Gasteiger partial charge in [0.15, 0.2) is 0 Å². The van der Waals surface area contributed by atoms with Crippen LogP contribution in [-0.4, -0.2) is 32.6 Å². The Hall–Kier alpha value is -3.02. The zero-order valence-electron chi connectivity index (χ0n) is 17.4. The number of amides is 2. The van der Waals surface area contributed by atoms with Crippen LogP contribution in [0.15, 0.2) is 30.3 Å². The number of nitrogens with zero attached hydrogens (tertiary/aromatic N) is 1. The predicted molar refractivity (Wildman–Crippen MR) is 111 cm³/mol. The molecule has 150 valence electrons. The van der Waals surface area contributed by atoms with Crippen LogP contribution in [0.2, 0.25) is 0 Å². The summed E-state index contributed by atoms with van der Waals surface area (Å²) in [6, 6.07) is 9.27. The molecule has 0 aliphatic heterocycles. The monoisotopic (exact) mass is 384 g/mol. The summed E-state index contributed by atoms with van der Waals surface area (Å²) in [5.74, 6) is 0.867. The molecule has 0 heterocycles. The minimum atomic E-state index is -0.197. The molecule has 0 aliphatic rings. The van der Waals surface area contributed by atoms with Crippen molar-refractivity contribution in [2.75, 3.05) is 31.0 Å². The molecule has 0 saturated carbocycles. The van der Waals surface area contributed by atoms with Crippen molar-refractivity contribution in [1.29, 1.82) is 0 Å². The van der Waals surface area contributed by atoms with Crippen molar-refractivity contribution in [3.8, 4) is 11.5 Å². The molecule has 1 N–H and O–H groups in total. The topological polar surface area (TPSA) is 67.9 Å². The number of ether oxygens (including phenoxy) is 2. The van der Waals surface area contributed by atoms with Gasteiger partial charge in [0.05, 0.1) is 19.9 Å². The van der Waals surface area contributed by atoms with Crippen molar-refractivity contribution < 1.29 is 19.1 Å². The summed E-state index contributed by atoms with van der Waals surface area (Å²) in [4.78, 5) is 26.4. The van der Waals surface area contributed by atoms with E-state index in [0.717, 1.165) is 22.4 Å². The van der Waals surface area contributed by atoms with E-state index < -0.39 is 0 Å². The molecule has 0 atom stereocenters. The number of hydrogen-bond donors (Lipinski definition) is 1. The van der Waals surface area contributed by atoms with Gasteiger partial charge in [-0.2, -0.15) is 0 Å². The average Bonchev–Trinajstić information content (AvgIpc) is 2.63. The third-order valence-electron chi connectivity index (χ3n) is 4.53. The van der Waals surface area contributed by atoms with Gasteiger partial charge in [0.2, 0.25) is 11.8 Å². The zero-order chi connectivity index (χ0) is 20.8. The average molecular weight is 384 g/mol. The minimum Gasteiger partial charge on any atom is -0.497 e. The maximum atomic E-state index is 12.5. The smallest absolute Gasteiger partial charge is 0.226 e. The number of rotatable bonds is 7. The highest BCUT2D eigenvalue weighted by Gasteiger charge is 2.18. The fourth-order valence-electron chi connectivity index (χ4n) is 3.35. The molecule has 0 aliphatic carbocycles. The Kier molecular flexibility index (Phi) is 7.04. The molecular weight excluding hydrogens is 356 g/mol. The van der Waals surface area contributed by atoms with Crippen molar-refractivity contribution in [2.24, 2.45) is 0 Å². The van der Waals surface area contributed by atoms with Gasteiger partial charge in [0.25, 0.3) is 0 Å². The van der Waals surface area contributed by atoms with Crippen LogP contribution in [0.1, 0.15) is 30.0 Å². The van der Waals surface area contributed by atoms with E-state index in [1.54, 1.807) is 30.2 Å². The van der Waals surface area contributed by atoms with Crippen molar-refractivity contribution in [1.82, 2.24) is 0 Å². The molecule has 0 bridgehead atoms. The lowest BCUT2D eigenvalue weighted by Gasteiger charge is -2.25. The van der Waals surface area contributed by atoms with Crippen LogP contribution >= 0.6 is 0 Å². The molecule has 28 heavy (non-hydrogen) atoms. The van der Waals surface area contributed by atoms with Gasteiger partial charge in [0.1, 0.15) is 11.5 Å². The number of carbonyl (C=O) groups is 2. The number of carbonyl (C=O) groups excluding carboxylic acids is 2. The summed E-state index contributed by atoms with van der Waals surface area (Å²) >= 11 is 0. The lowest BCUT2D eigenvalue weighted by Crippen LogP contribution is -2.33. The van der Waals surface area contributed by atoms with Crippen molar-refractivity contribution in [3.63, 3.8) is 0 Å². The van der Waals surface area contributed by atoms with Crippen LogP contribution in [0.4, 0.5) is 11.4 Å². The van der Waals surface area contributed by atoms with Crippen molar-refractivity contribution in [2.45, 2.75) is 34.1 Å². The standard InChI is InChI=1S/C22H28N2O4/c1-14-11-15(2)22(16(3)12-14)24(17(4)25)10-9-21(26)23-19-8-7-18(27-5)13-20(19)28-6/h7-8,11-13H,9-10H2,1-6H3,(H,23,26). The Morgan fingerprint density at radius 2 is 1.64 bits per heavy atom. The molecule has 2 aromatic carbocycles. The second-order valence-electron chi connectivity index (χ2n) is 6.78. The van der Waals surface area contributed by atoms with Crippen LogP contribution < -0.4 is 19.7 Å². The van der Waals surface area contributed by atoms with Crippen molar-refractivity contribution >= 4 is 23.2 Å².